The van der Waals surface area contributed by atoms with E-state index in [0.717, 1.165) is 0 Å². The van der Waals surface area contributed by atoms with Crippen LogP contribution < -0.4 is 5.73 Å². The van der Waals surface area contributed by atoms with Crippen LogP contribution in [0, 0.1) is 0 Å². The quantitative estimate of drug-likeness (QED) is 0.773. The predicted octanol–water partition coefficient (Wildman–Crippen LogP) is 4.85. The molecular formula is C19H29N. The molecule has 2 rings (SSSR count). The molecule has 20 heavy (non-hydrogen) atoms. The molecule has 110 valence electrons. The lowest BCUT2D eigenvalue weighted by molar-refractivity contribution is 0.734. The van der Waals surface area contributed by atoms with E-state index in [9.17, 15) is 0 Å². The molecule has 2 aromatic carbocycles. The van der Waals surface area contributed by atoms with Crippen LogP contribution in [0.4, 0.5) is 0 Å². The average molecular weight is 271 g/mol. The molecule has 0 radical (unpaired) electrons. The van der Waals surface area contributed by atoms with E-state index < -0.39 is 0 Å². The van der Waals surface area contributed by atoms with Crippen LogP contribution in [0.5, 0.6) is 0 Å². The summed E-state index contributed by atoms with van der Waals surface area (Å²) in [4.78, 5) is 0. The molecule has 0 heterocycles. The van der Waals surface area contributed by atoms with Crippen molar-refractivity contribution in [2.45, 2.75) is 39.5 Å². The topological polar surface area (TPSA) is 26.0 Å². The van der Waals surface area contributed by atoms with Crippen LogP contribution in [0.1, 0.15) is 37.8 Å². The van der Waals surface area contributed by atoms with Gasteiger partial charge in [0.25, 0.3) is 0 Å². The van der Waals surface area contributed by atoms with Gasteiger partial charge in [-0.05, 0) is 43.9 Å². The van der Waals surface area contributed by atoms with E-state index in [1.165, 1.54) is 43.9 Å². The smallest absolute Gasteiger partial charge is 0.0195 e. The first-order chi connectivity index (χ1) is 9.95. The Labute approximate surface area is 124 Å². The first-order valence-corrected chi connectivity index (χ1v) is 7.61. The number of hydrogen-bond donors (Lipinski definition) is 1. The number of hydrogen-bond acceptors (Lipinski definition) is 1. The molecule has 0 aliphatic carbocycles. The van der Waals surface area contributed by atoms with Gasteiger partial charge in [-0.2, -0.15) is 0 Å². The lowest BCUT2D eigenvalue weighted by atomic mass is 10.0. The highest BCUT2D eigenvalue weighted by Crippen LogP contribution is 2.08. The van der Waals surface area contributed by atoms with Gasteiger partial charge in [-0.3, -0.25) is 0 Å². The fourth-order valence-corrected chi connectivity index (χ4v) is 1.95. The molecular weight excluding hydrogens is 242 g/mol. The van der Waals surface area contributed by atoms with Crippen molar-refractivity contribution in [3.63, 3.8) is 0 Å². The van der Waals surface area contributed by atoms with Gasteiger partial charge >= 0.3 is 0 Å². The summed E-state index contributed by atoms with van der Waals surface area (Å²) in [5.41, 5.74) is 7.41. The van der Waals surface area contributed by atoms with Crippen molar-refractivity contribution < 1.29 is 0 Å². The third kappa shape index (κ3) is 8.49. The molecule has 0 aliphatic rings. The van der Waals surface area contributed by atoms with Gasteiger partial charge in [0.1, 0.15) is 0 Å². The molecule has 0 aromatic heterocycles. The number of nitrogens with two attached hydrogens (primary N) is 1. The van der Waals surface area contributed by atoms with Crippen LogP contribution >= 0.6 is 0 Å². The van der Waals surface area contributed by atoms with Crippen LogP contribution in [-0.4, -0.2) is 7.05 Å². The zero-order chi connectivity index (χ0) is 15.1. The molecule has 0 saturated carbocycles. The van der Waals surface area contributed by atoms with Gasteiger partial charge in [-0.1, -0.05) is 74.5 Å². The lowest BCUT2D eigenvalue weighted by Gasteiger charge is -2.02. The second-order valence-electron chi connectivity index (χ2n) is 4.18. The van der Waals surface area contributed by atoms with E-state index >= 15 is 0 Å². The Morgan fingerprint density at radius 1 is 0.600 bits per heavy atom. The minimum Gasteiger partial charge on any atom is -0.333 e. The molecule has 1 nitrogen and oxygen atoms in total. The summed E-state index contributed by atoms with van der Waals surface area (Å²) >= 11 is 0. The third-order valence-corrected chi connectivity index (χ3v) is 2.87. The number of aryl methyl sites for hydroxylation is 2. The largest absolute Gasteiger partial charge is 0.333 e. The highest BCUT2D eigenvalue weighted by Gasteiger charge is 1.94. The molecule has 2 N–H and O–H groups in total. The van der Waals surface area contributed by atoms with Gasteiger partial charge in [0.15, 0.2) is 0 Å². The highest BCUT2D eigenvalue weighted by molar-refractivity contribution is 5.16. The predicted molar refractivity (Wildman–Crippen MR) is 91.0 cm³/mol. The summed E-state index contributed by atoms with van der Waals surface area (Å²) in [7, 11) is 1.50. The molecule has 0 saturated heterocycles. The Morgan fingerprint density at radius 3 is 1.20 bits per heavy atom. The maximum absolute atomic E-state index is 4.50. The van der Waals surface area contributed by atoms with E-state index in [2.05, 4.69) is 66.4 Å². The monoisotopic (exact) mass is 271 g/mol. The molecule has 0 amide bonds. The molecule has 1 heteroatoms. The van der Waals surface area contributed by atoms with Gasteiger partial charge in [0.2, 0.25) is 0 Å². The molecule has 0 atom stereocenters. The van der Waals surface area contributed by atoms with Gasteiger partial charge in [0.05, 0.1) is 0 Å². The lowest BCUT2D eigenvalue weighted by Crippen LogP contribution is -1.88. The zero-order valence-corrected chi connectivity index (χ0v) is 13.2. The average Bonchev–Trinajstić information content (AvgIpc) is 2.57. The fraction of sp³-hybridized carbons (Fsp3) is 0.368. The molecule has 0 spiro atoms. The summed E-state index contributed by atoms with van der Waals surface area (Å²) in [5, 5.41) is 0. The van der Waals surface area contributed by atoms with E-state index in [-0.39, 0.29) is 0 Å². The summed E-state index contributed by atoms with van der Waals surface area (Å²) in [6.07, 6.45) is 4.96. The maximum Gasteiger partial charge on any atom is -0.0195 e. The maximum atomic E-state index is 4.50. The standard InChI is InChI=1S/C16H18.C2H6.CH5N/c1-3-9-15(10-4-1)13-7-8-14-16-11-5-2-6-12-16;2*1-2/h1-6,9-12H,7-8,13-14H2;1-2H3;2H2,1H3. The van der Waals surface area contributed by atoms with Crippen LogP contribution in [0.2, 0.25) is 0 Å². The van der Waals surface area contributed by atoms with Crippen molar-refractivity contribution in [3.05, 3.63) is 71.8 Å². The van der Waals surface area contributed by atoms with Gasteiger partial charge < -0.3 is 5.73 Å². The fourth-order valence-electron chi connectivity index (χ4n) is 1.95. The van der Waals surface area contributed by atoms with Crippen LogP contribution in [0.15, 0.2) is 60.7 Å². The van der Waals surface area contributed by atoms with Gasteiger partial charge in [-0.25, -0.2) is 0 Å². The minimum absolute atomic E-state index is 1.20. The van der Waals surface area contributed by atoms with Crippen molar-refractivity contribution in [1.82, 2.24) is 0 Å². The number of benzene rings is 2. The summed E-state index contributed by atoms with van der Waals surface area (Å²) in [6, 6.07) is 21.5. The van der Waals surface area contributed by atoms with Crippen molar-refractivity contribution in [2.75, 3.05) is 7.05 Å². The van der Waals surface area contributed by atoms with Crippen molar-refractivity contribution in [2.24, 2.45) is 5.73 Å². The van der Waals surface area contributed by atoms with E-state index in [0.29, 0.717) is 0 Å². The number of rotatable bonds is 5. The van der Waals surface area contributed by atoms with Crippen molar-refractivity contribution >= 4 is 0 Å². The van der Waals surface area contributed by atoms with Crippen LogP contribution in [0.3, 0.4) is 0 Å². The van der Waals surface area contributed by atoms with Crippen LogP contribution in [0.25, 0.3) is 0 Å². The summed E-state index contributed by atoms with van der Waals surface area (Å²) < 4.78 is 0. The molecule has 0 unspecified atom stereocenters. The Kier molecular flexibility index (Phi) is 12.7. The zero-order valence-electron chi connectivity index (χ0n) is 13.2. The highest BCUT2D eigenvalue weighted by atomic mass is 14.4. The second kappa shape index (κ2) is 13.8. The molecule has 2 aromatic rings. The molecule has 0 aliphatic heterocycles. The van der Waals surface area contributed by atoms with E-state index in [1.54, 1.807) is 0 Å². The van der Waals surface area contributed by atoms with Crippen molar-refractivity contribution in [1.29, 1.82) is 0 Å². The Morgan fingerprint density at radius 2 is 0.900 bits per heavy atom. The van der Waals surface area contributed by atoms with Gasteiger partial charge in [-0.15, -0.1) is 0 Å². The van der Waals surface area contributed by atoms with Crippen molar-refractivity contribution in [3.8, 4) is 0 Å². The number of unbranched alkanes of at least 4 members (excludes halogenated alkanes) is 1. The summed E-state index contributed by atoms with van der Waals surface area (Å²) in [6.45, 7) is 4.00. The molecule has 0 bridgehead atoms. The Bertz CT molecular complexity index is 353. The minimum atomic E-state index is 1.20. The Balaban J connectivity index is 0.000000829. The third-order valence-electron chi connectivity index (χ3n) is 2.87. The van der Waals surface area contributed by atoms with E-state index in [1.807, 2.05) is 13.8 Å². The SMILES string of the molecule is CC.CN.c1ccc(CCCCc2ccccc2)cc1. The first-order valence-electron chi connectivity index (χ1n) is 7.61. The second-order valence-corrected chi connectivity index (χ2v) is 4.18. The van der Waals surface area contributed by atoms with Gasteiger partial charge in [0, 0.05) is 0 Å². The van der Waals surface area contributed by atoms with Crippen LogP contribution in [-0.2, 0) is 12.8 Å². The summed E-state index contributed by atoms with van der Waals surface area (Å²) in [5.74, 6) is 0. The molecule has 0 fully saturated rings. The first kappa shape index (κ1) is 18.4. The Hall–Kier alpha value is -1.60. The normalized spacial score (nSPS) is 8.80. The van der Waals surface area contributed by atoms with E-state index in [4.69, 9.17) is 0 Å².